The van der Waals surface area contributed by atoms with Crippen molar-refractivity contribution in [3.63, 3.8) is 0 Å². The quantitative estimate of drug-likeness (QED) is 0.843. The molecule has 0 fully saturated rings. The Kier molecular flexibility index (Phi) is 2.59. The van der Waals surface area contributed by atoms with Gasteiger partial charge in [-0.05, 0) is 36.2 Å². The molecule has 2 aromatic rings. The monoisotopic (exact) mass is 260 g/mol. The van der Waals surface area contributed by atoms with Gasteiger partial charge in [-0.1, -0.05) is 0 Å². The van der Waals surface area contributed by atoms with Gasteiger partial charge in [0.05, 0.1) is 17.0 Å². The van der Waals surface area contributed by atoms with Gasteiger partial charge in [-0.2, -0.15) is 0 Å². The van der Waals surface area contributed by atoms with Gasteiger partial charge < -0.3 is 9.84 Å². The van der Waals surface area contributed by atoms with Crippen molar-refractivity contribution >= 4 is 17.1 Å². The molecule has 3 nitrogen and oxygen atoms in total. The van der Waals surface area contributed by atoms with Gasteiger partial charge in [0, 0.05) is 11.8 Å². The third-order valence-corrected chi connectivity index (χ3v) is 4.11. The molecule has 0 bridgehead atoms. The van der Waals surface area contributed by atoms with E-state index in [9.17, 15) is 9.90 Å². The molecule has 1 aromatic heterocycles. The molecule has 1 aromatic carbocycles. The second-order valence-corrected chi connectivity index (χ2v) is 5.18. The van der Waals surface area contributed by atoms with E-state index in [1.807, 2.05) is 18.2 Å². The number of carbonyl (C=O) groups excluding carboxylic acids is 1. The number of hydrogen-bond donors (Lipinski definition) is 1. The van der Waals surface area contributed by atoms with E-state index < -0.39 is 0 Å². The Morgan fingerprint density at radius 1 is 1.44 bits per heavy atom. The van der Waals surface area contributed by atoms with Crippen LogP contribution in [-0.2, 0) is 6.42 Å². The van der Waals surface area contributed by atoms with Crippen molar-refractivity contribution in [1.29, 1.82) is 0 Å². The summed E-state index contributed by atoms with van der Waals surface area (Å²) in [4.78, 5) is 12.1. The fraction of sp³-hybridized carbons (Fsp3) is 0.214. The highest BCUT2D eigenvalue weighted by Gasteiger charge is 2.18. The Morgan fingerprint density at radius 2 is 2.28 bits per heavy atom. The van der Waals surface area contributed by atoms with Crippen molar-refractivity contribution in [1.82, 2.24) is 0 Å². The van der Waals surface area contributed by atoms with Gasteiger partial charge in [0.15, 0.2) is 5.78 Å². The van der Waals surface area contributed by atoms with E-state index in [0.29, 0.717) is 12.2 Å². The first kappa shape index (κ1) is 11.3. The van der Waals surface area contributed by atoms with Crippen LogP contribution in [0, 0.1) is 0 Å². The number of Topliss-reactive ketones (excluding diaryl/α,β-unsaturated/α-hetero) is 1. The van der Waals surface area contributed by atoms with Crippen molar-refractivity contribution < 1.29 is 14.6 Å². The number of ether oxygens (including phenoxy) is 1. The van der Waals surface area contributed by atoms with Gasteiger partial charge >= 0.3 is 0 Å². The van der Waals surface area contributed by atoms with Gasteiger partial charge in [0.1, 0.15) is 11.5 Å². The lowest BCUT2D eigenvalue weighted by Crippen LogP contribution is -1.88. The van der Waals surface area contributed by atoms with Crippen molar-refractivity contribution in [3.8, 4) is 21.9 Å². The van der Waals surface area contributed by atoms with Crippen LogP contribution in [0.1, 0.15) is 22.8 Å². The fourth-order valence-electron chi connectivity index (χ4n) is 2.13. The van der Waals surface area contributed by atoms with Crippen LogP contribution < -0.4 is 4.74 Å². The molecular formula is C14H12O3S. The zero-order valence-electron chi connectivity index (χ0n) is 9.90. The summed E-state index contributed by atoms with van der Waals surface area (Å²) >= 11 is 1.39. The number of thiophene rings is 1. The molecule has 0 spiro atoms. The maximum atomic E-state index is 11.3. The Balaban J connectivity index is 2.07. The van der Waals surface area contributed by atoms with E-state index in [-0.39, 0.29) is 11.5 Å². The lowest BCUT2D eigenvalue weighted by Gasteiger charge is -2.03. The normalized spacial score (nSPS) is 13.2. The molecule has 0 saturated heterocycles. The second kappa shape index (κ2) is 4.14. The summed E-state index contributed by atoms with van der Waals surface area (Å²) in [6.07, 6.45) is 0.898. The van der Waals surface area contributed by atoms with Crippen LogP contribution in [0.5, 0.6) is 11.5 Å². The average molecular weight is 260 g/mol. The summed E-state index contributed by atoms with van der Waals surface area (Å²) in [5.74, 6) is 0.896. The molecule has 18 heavy (non-hydrogen) atoms. The molecule has 0 saturated carbocycles. The van der Waals surface area contributed by atoms with E-state index in [0.717, 1.165) is 28.2 Å². The van der Waals surface area contributed by atoms with Crippen LogP contribution in [0.25, 0.3) is 10.4 Å². The smallest absolute Gasteiger partial charge is 0.164 e. The number of fused-ring (bicyclic) bond motifs is 1. The Labute approximate surface area is 109 Å². The SMILES string of the molecule is CC(=O)c1csc(-c2ccc3c(c2)CCO3)c1O. The number of ketones is 1. The summed E-state index contributed by atoms with van der Waals surface area (Å²) in [5, 5.41) is 11.8. The van der Waals surface area contributed by atoms with Crippen LogP contribution in [-0.4, -0.2) is 17.5 Å². The van der Waals surface area contributed by atoms with Crippen molar-refractivity contribution in [2.75, 3.05) is 6.61 Å². The Hall–Kier alpha value is -1.81. The van der Waals surface area contributed by atoms with Crippen LogP contribution in [0.3, 0.4) is 0 Å². The van der Waals surface area contributed by atoms with Crippen LogP contribution >= 0.6 is 11.3 Å². The Morgan fingerprint density at radius 3 is 3.00 bits per heavy atom. The zero-order chi connectivity index (χ0) is 12.7. The molecule has 0 radical (unpaired) electrons. The maximum absolute atomic E-state index is 11.3. The number of carbonyl (C=O) groups is 1. The van der Waals surface area contributed by atoms with Gasteiger partial charge in [-0.3, -0.25) is 4.79 Å². The first-order chi connectivity index (χ1) is 8.66. The molecule has 1 aliphatic heterocycles. The van der Waals surface area contributed by atoms with E-state index in [1.54, 1.807) is 5.38 Å². The zero-order valence-corrected chi connectivity index (χ0v) is 10.7. The minimum absolute atomic E-state index is 0.0892. The topological polar surface area (TPSA) is 46.5 Å². The molecular weight excluding hydrogens is 248 g/mol. The molecule has 1 aliphatic rings. The first-order valence-electron chi connectivity index (χ1n) is 5.74. The lowest BCUT2D eigenvalue weighted by molar-refractivity contribution is 0.101. The van der Waals surface area contributed by atoms with E-state index in [2.05, 4.69) is 0 Å². The molecule has 0 unspecified atom stereocenters. The van der Waals surface area contributed by atoms with Gasteiger partial charge in [-0.15, -0.1) is 11.3 Å². The van der Waals surface area contributed by atoms with Crippen molar-refractivity contribution in [3.05, 3.63) is 34.7 Å². The highest BCUT2D eigenvalue weighted by Crippen LogP contribution is 2.40. The first-order valence-corrected chi connectivity index (χ1v) is 6.62. The molecule has 4 heteroatoms. The summed E-state index contributed by atoms with van der Waals surface area (Å²) < 4.78 is 5.45. The fourth-order valence-corrected chi connectivity index (χ4v) is 3.13. The molecule has 2 heterocycles. The Bertz CT molecular complexity index is 628. The summed E-state index contributed by atoms with van der Waals surface area (Å²) in [7, 11) is 0. The summed E-state index contributed by atoms with van der Waals surface area (Å²) in [6, 6.07) is 5.86. The van der Waals surface area contributed by atoms with Gasteiger partial charge in [0.2, 0.25) is 0 Å². The predicted octanol–water partition coefficient (Wildman–Crippen LogP) is 3.26. The summed E-state index contributed by atoms with van der Waals surface area (Å²) in [5.41, 5.74) is 2.49. The number of rotatable bonds is 2. The van der Waals surface area contributed by atoms with Crippen LogP contribution in [0.15, 0.2) is 23.6 Å². The lowest BCUT2D eigenvalue weighted by atomic mass is 10.1. The minimum Gasteiger partial charge on any atom is -0.506 e. The van der Waals surface area contributed by atoms with Crippen molar-refractivity contribution in [2.45, 2.75) is 13.3 Å². The van der Waals surface area contributed by atoms with Gasteiger partial charge in [0.25, 0.3) is 0 Å². The average Bonchev–Trinajstić information content (AvgIpc) is 2.93. The molecule has 92 valence electrons. The van der Waals surface area contributed by atoms with Gasteiger partial charge in [-0.25, -0.2) is 0 Å². The highest BCUT2D eigenvalue weighted by atomic mass is 32.1. The van der Waals surface area contributed by atoms with E-state index in [4.69, 9.17) is 4.74 Å². The highest BCUT2D eigenvalue weighted by molar-refractivity contribution is 7.14. The molecule has 0 amide bonds. The molecule has 0 aliphatic carbocycles. The predicted molar refractivity (Wildman–Crippen MR) is 70.6 cm³/mol. The number of aromatic hydroxyl groups is 1. The molecule has 3 rings (SSSR count). The largest absolute Gasteiger partial charge is 0.506 e. The number of hydrogen-bond acceptors (Lipinski definition) is 4. The number of benzene rings is 1. The van der Waals surface area contributed by atoms with Crippen molar-refractivity contribution in [2.24, 2.45) is 0 Å². The van der Waals surface area contributed by atoms with E-state index >= 15 is 0 Å². The molecule has 1 N–H and O–H groups in total. The van der Waals surface area contributed by atoms with Crippen LogP contribution in [0.2, 0.25) is 0 Å². The summed E-state index contributed by atoms with van der Waals surface area (Å²) in [6.45, 7) is 2.18. The molecule has 0 atom stereocenters. The maximum Gasteiger partial charge on any atom is 0.164 e. The minimum atomic E-state index is -0.112. The third kappa shape index (κ3) is 1.69. The van der Waals surface area contributed by atoms with E-state index in [1.165, 1.54) is 18.3 Å². The standard InChI is InChI=1S/C14H12O3S/c1-8(15)11-7-18-14(13(11)16)10-2-3-12-9(6-10)4-5-17-12/h2-3,6-7,16H,4-5H2,1H3. The van der Waals surface area contributed by atoms with Crippen LogP contribution in [0.4, 0.5) is 0 Å². The second-order valence-electron chi connectivity index (χ2n) is 4.30. The third-order valence-electron chi connectivity index (χ3n) is 3.10.